The number of hydrogen-bond acceptors (Lipinski definition) is 5. The van der Waals surface area contributed by atoms with Crippen molar-refractivity contribution >= 4 is 27.3 Å². The van der Waals surface area contributed by atoms with E-state index in [1.165, 1.54) is 4.88 Å². The molecule has 1 saturated heterocycles. The molecule has 0 radical (unpaired) electrons. The predicted molar refractivity (Wildman–Crippen MR) is 83.5 cm³/mol. The zero-order chi connectivity index (χ0) is 13.8. The molecule has 0 bridgehead atoms. The largest absolute Gasteiger partial charge is 0.395 e. The van der Waals surface area contributed by atoms with Crippen LogP contribution >= 0.6 is 27.3 Å². The van der Waals surface area contributed by atoms with Crippen LogP contribution in [0.5, 0.6) is 0 Å². The molecule has 6 heteroatoms. The first kappa shape index (κ1) is 15.4. The van der Waals surface area contributed by atoms with Crippen molar-refractivity contribution in [3.8, 4) is 0 Å². The third kappa shape index (κ3) is 4.00. The summed E-state index contributed by atoms with van der Waals surface area (Å²) in [5.74, 6) is 0. The van der Waals surface area contributed by atoms with Gasteiger partial charge in [-0.2, -0.15) is 0 Å². The van der Waals surface area contributed by atoms with Crippen LogP contribution in [-0.2, 0) is 0 Å². The van der Waals surface area contributed by atoms with E-state index < -0.39 is 0 Å². The number of halogens is 1. The molecule has 2 unspecified atom stereocenters. The molecule has 0 spiro atoms. The Hall–Kier alpha value is 0.0200. The van der Waals surface area contributed by atoms with E-state index in [4.69, 9.17) is 10.8 Å². The molecule has 0 saturated carbocycles. The van der Waals surface area contributed by atoms with E-state index in [1.807, 2.05) is 0 Å². The molecule has 0 aromatic carbocycles. The monoisotopic (exact) mass is 347 g/mol. The van der Waals surface area contributed by atoms with Crippen molar-refractivity contribution < 1.29 is 5.11 Å². The van der Waals surface area contributed by atoms with Gasteiger partial charge in [-0.25, -0.2) is 0 Å². The van der Waals surface area contributed by atoms with Crippen LogP contribution in [0.3, 0.4) is 0 Å². The van der Waals surface area contributed by atoms with Crippen molar-refractivity contribution in [3.63, 3.8) is 0 Å². The highest BCUT2D eigenvalue weighted by Gasteiger charge is 2.28. The molecule has 1 aliphatic heterocycles. The number of aliphatic hydroxyl groups is 1. The molecule has 0 amide bonds. The minimum Gasteiger partial charge on any atom is -0.395 e. The first-order valence-corrected chi connectivity index (χ1v) is 8.31. The molecule has 1 aliphatic rings. The van der Waals surface area contributed by atoms with Crippen LogP contribution in [0.1, 0.15) is 17.8 Å². The van der Waals surface area contributed by atoms with Crippen molar-refractivity contribution in [2.75, 3.05) is 39.3 Å². The number of piperazine rings is 1. The van der Waals surface area contributed by atoms with Gasteiger partial charge in [0, 0.05) is 43.6 Å². The molecule has 19 heavy (non-hydrogen) atoms. The summed E-state index contributed by atoms with van der Waals surface area (Å²) in [6.07, 6.45) is 0. The molecule has 2 heterocycles. The van der Waals surface area contributed by atoms with Crippen molar-refractivity contribution in [1.82, 2.24) is 9.80 Å². The lowest BCUT2D eigenvalue weighted by molar-refractivity contribution is 0.0772. The van der Waals surface area contributed by atoms with Crippen LogP contribution in [0.4, 0.5) is 0 Å². The van der Waals surface area contributed by atoms with Gasteiger partial charge in [0.05, 0.1) is 16.4 Å². The summed E-state index contributed by atoms with van der Waals surface area (Å²) in [7, 11) is 0. The SMILES string of the molecule is CC(N)C(c1ccc(Br)s1)N1CCN(CCO)CC1. The molecule has 0 aliphatic carbocycles. The van der Waals surface area contributed by atoms with Crippen LogP contribution in [0.2, 0.25) is 0 Å². The molecule has 1 aromatic rings. The van der Waals surface area contributed by atoms with Crippen LogP contribution < -0.4 is 5.73 Å². The Balaban J connectivity index is 2.01. The summed E-state index contributed by atoms with van der Waals surface area (Å²) in [5.41, 5.74) is 6.20. The van der Waals surface area contributed by atoms with Gasteiger partial charge >= 0.3 is 0 Å². The van der Waals surface area contributed by atoms with Crippen LogP contribution in [-0.4, -0.2) is 60.3 Å². The molecular formula is C13H22BrN3OS. The van der Waals surface area contributed by atoms with Gasteiger partial charge in [0.25, 0.3) is 0 Å². The molecular weight excluding hydrogens is 326 g/mol. The molecule has 3 N–H and O–H groups in total. The van der Waals surface area contributed by atoms with E-state index in [1.54, 1.807) is 11.3 Å². The van der Waals surface area contributed by atoms with Gasteiger partial charge < -0.3 is 10.8 Å². The lowest BCUT2D eigenvalue weighted by Crippen LogP contribution is -2.51. The highest BCUT2D eigenvalue weighted by Crippen LogP contribution is 2.32. The van der Waals surface area contributed by atoms with Gasteiger partial charge in [0.15, 0.2) is 0 Å². The Kier molecular flexibility index (Phi) is 5.80. The third-order valence-electron chi connectivity index (χ3n) is 3.60. The van der Waals surface area contributed by atoms with E-state index in [9.17, 15) is 0 Å². The second-order valence-electron chi connectivity index (χ2n) is 5.05. The van der Waals surface area contributed by atoms with Gasteiger partial charge in [-0.1, -0.05) is 0 Å². The highest BCUT2D eigenvalue weighted by molar-refractivity contribution is 9.11. The van der Waals surface area contributed by atoms with E-state index >= 15 is 0 Å². The number of nitrogens with two attached hydrogens (primary N) is 1. The highest BCUT2D eigenvalue weighted by atomic mass is 79.9. The first-order chi connectivity index (χ1) is 9.11. The number of hydrogen-bond donors (Lipinski definition) is 2. The molecule has 1 fully saturated rings. The van der Waals surface area contributed by atoms with Crippen molar-refractivity contribution in [1.29, 1.82) is 0 Å². The Morgan fingerprint density at radius 3 is 2.53 bits per heavy atom. The molecule has 4 nitrogen and oxygen atoms in total. The molecule has 2 rings (SSSR count). The topological polar surface area (TPSA) is 52.7 Å². The third-order valence-corrected chi connectivity index (χ3v) is 5.29. The van der Waals surface area contributed by atoms with Crippen molar-refractivity contribution in [2.45, 2.75) is 19.0 Å². The van der Waals surface area contributed by atoms with Gasteiger partial charge in [0.2, 0.25) is 0 Å². The minimum atomic E-state index is 0.120. The smallest absolute Gasteiger partial charge is 0.0702 e. The van der Waals surface area contributed by atoms with Gasteiger partial charge in [-0.05, 0) is 35.0 Å². The standard InChI is InChI=1S/C13H22BrN3OS/c1-10(15)13(11-2-3-12(14)19-11)17-6-4-16(5-7-17)8-9-18/h2-3,10,13,18H,4-9,15H2,1H3. The fraction of sp³-hybridized carbons (Fsp3) is 0.692. The quantitative estimate of drug-likeness (QED) is 0.847. The summed E-state index contributed by atoms with van der Waals surface area (Å²) >= 11 is 5.30. The van der Waals surface area contributed by atoms with Gasteiger partial charge in [-0.15, -0.1) is 11.3 Å². The second kappa shape index (κ2) is 7.15. The normalized spacial score (nSPS) is 21.5. The number of nitrogens with zero attached hydrogens (tertiary/aromatic N) is 2. The zero-order valence-corrected chi connectivity index (χ0v) is 13.7. The van der Waals surface area contributed by atoms with E-state index in [0.717, 1.165) is 36.5 Å². The molecule has 2 atom stereocenters. The van der Waals surface area contributed by atoms with Gasteiger partial charge in [-0.3, -0.25) is 9.80 Å². The summed E-state index contributed by atoms with van der Waals surface area (Å²) in [5, 5.41) is 8.98. The summed E-state index contributed by atoms with van der Waals surface area (Å²) in [6, 6.07) is 4.68. The number of aliphatic hydroxyl groups excluding tert-OH is 1. The maximum Gasteiger partial charge on any atom is 0.0702 e. The van der Waals surface area contributed by atoms with Crippen LogP contribution in [0.25, 0.3) is 0 Å². The lowest BCUT2D eigenvalue weighted by atomic mass is 10.1. The Bertz CT molecular complexity index is 391. The summed E-state index contributed by atoms with van der Waals surface area (Å²) < 4.78 is 1.16. The lowest BCUT2D eigenvalue weighted by Gasteiger charge is -2.40. The van der Waals surface area contributed by atoms with Crippen LogP contribution in [0, 0.1) is 0 Å². The number of β-amino-alcohol motifs (C(OH)–C–C–N with tert-alkyl or cyclic N) is 1. The Morgan fingerprint density at radius 1 is 1.37 bits per heavy atom. The van der Waals surface area contributed by atoms with Crippen molar-refractivity contribution in [2.24, 2.45) is 5.73 Å². The molecule has 108 valence electrons. The second-order valence-corrected chi connectivity index (χ2v) is 7.54. The van der Waals surface area contributed by atoms with E-state index in [0.29, 0.717) is 6.04 Å². The Labute approximate surface area is 127 Å². The minimum absolute atomic E-state index is 0.120. The fourth-order valence-corrected chi connectivity index (χ4v) is 4.34. The number of rotatable bonds is 5. The van der Waals surface area contributed by atoms with E-state index in [2.05, 4.69) is 44.8 Å². The average Bonchev–Trinajstić information content (AvgIpc) is 2.78. The average molecular weight is 348 g/mol. The maximum absolute atomic E-state index is 8.98. The van der Waals surface area contributed by atoms with Crippen LogP contribution in [0.15, 0.2) is 15.9 Å². The summed E-state index contributed by atoms with van der Waals surface area (Å²) in [4.78, 5) is 6.10. The fourth-order valence-electron chi connectivity index (χ4n) is 2.67. The summed E-state index contributed by atoms with van der Waals surface area (Å²) in [6.45, 7) is 7.16. The predicted octanol–water partition coefficient (Wildman–Crippen LogP) is 1.51. The zero-order valence-electron chi connectivity index (χ0n) is 11.3. The van der Waals surface area contributed by atoms with Crippen molar-refractivity contribution in [3.05, 3.63) is 20.8 Å². The van der Waals surface area contributed by atoms with E-state index in [-0.39, 0.29) is 12.6 Å². The maximum atomic E-state index is 8.98. The molecule has 1 aromatic heterocycles. The first-order valence-electron chi connectivity index (χ1n) is 6.70. The van der Waals surface area contributed by atoms with Gasteiger partial charge in [0.1, 0.15) is 0 Å². The number of thiophene rings is 1. The Morgan fingerprint density at radius 2 is 2.05 bits per heavy atom.